The first kappa shape index (κ1) is 18.4. The minimum absolute atomic E-state index is 0.181. The second-order valence-electron chi connectivity index (χ2n) is 5.89. The van der Waals surface area contributed by atoms with Gasteiger partial charge in [-0.15, -0.1) is 0 Å². The van der Waals surface area contributed by atoms with Crippen LogP contribution in [0.4, 0.5) is 0 Å². The number of nitrogens with zero attached hydrogens (tertiary/aromatic N) is 1. The SMILES string of the molecule is CN(O)C(=O)C(=O)c1ccc(OCCOc2ccc3ccccc3c2)cc1. The standard InChI is InChI=1S/C21H19NO5/c1-22(25)21(24)20(23)16-7-9-18(10-8-16)26-12-13-27-19-11-6-15-4-2-3-5-17(15)14-19/h2-11,14,25H,12-13H2,1H3. The summed E-state index contributed by atoms with van der Waals surface area (Å²) < 4.78 is 11.3. The minimum atomic E-state index is -0.993. The lowest BCUT2D eigenvalue weighted by molar-refractivity contribution is -0.153. The lowest BCUT2D eigenvalue weighted by atomic mass is 10.1. The number of Topliss-reactive ketones (excluding diaryl/α,β-unsaturated/α-hetero) is 1. The summed E-state index contributed by atoms with van der Waals surface area (Å²) >= 11 is 0. The molecule has 1 N–H and O–H groups in total. The number of likely N-dealkylation sites (N-methyl/N-ethyl adjacent to an activating group) is 1. The van der Waals surface area contributed by atoms with Crippen molar-refractivity contribution >= 4 is 22.5 Å². The third-order valence-electron chi connectivity index (χ3n) is 3.95. The summed E-state index contributed by atoms with van der Waals surface area (Å²) in [6.07, 6.45) is 0. The number of carbonyl (C=O) groups is 2. The highest BCUT2D eigenvalue weighted by Crippen LogP contribution is 2.20. The maximum Gasteiger partial charge on any atom is 0.318 e. The molecule has 0 saturated carbocycles. The number of hydrogen-bond acceptors (Lipinski definition) is 5. The Morgan fingerprint density at radius 2 is 1.44 bits per heavy atom. The third-order valence-corrected chi connectivity index (χ3v) is 3.95. The van der Waals surface area contributed by atoms with Gasteiger partial charge in [0.15, 0.2) is 0 Å². The molecule has 0 aromatic heterocycles. The van der Waals surface area contributed by atoms with Gasteiger partial charge in [-0.25, -0.2) is 5.06 Å². The summed E-state index contributed by atoms with van der Waals surface area (Å²) in [7, 11) is 1.10. The zero-order chi connectivity index (χ0) is 19.2. The number of carbonyl (C=O) groups excluding carboxylic acids is 2. The van der Waals surface area contributed by atoms with Gasteiger partial charge in [0.05, 0.1) is 0 Å². The van der Waals surface area contributed by atoms with Gasteiger partial charge < -0.3 is 9.47 Å². The zero-order valence-corrected chi connectivity index (χ0v) is 14.8. The minimum Gasteiger partial charge on any atom is -0.490 e. The lowest BCUT2D eigenvalue weighted by Crippen LogP contribution is -2.30. The lowest BCUT2D eigenvalue weighted by Gasteiger charge is -2.10. The number of hydroxylamine groups is 2. The van der Waals surface area contributed by atoms with E-state index in [1.807, 2.05) is 42.5 Å². The molecule has 3 aromatic carbocycles. The molecule has 3 aromatic rings. The van der Waals surface area contributed by atoms with Crippen LogP contribution in [0, 0.1) is 0 Å². The summed E-state index contributed by atoms with van der Waals surface area (Å²) in [5.41, 5.74) is 0.181. The first-order chi connectivity index (χ1) is 13.0. The van der Waals surface area contributed by atoms with Gasteiger partial charge in [-0.1, -0.05) is 30.3 Å². The predicted octanol–water partition coefficient (Wildman–Crippen LogP) is 3.33. The van der Waals surface area contributed by atoms with E-state index in [4.69, 9.17) is 14.7 Å². The van der Waals surface area contributed by atoms with Crippen LogP contribution in [0.1, 0.15) is 10.4 Å². The van der Waals surface area contributed by atoms with E-state index < -0.39 is 11.7 Å². The zero-order valence-electron chi connectivity index (χ0n) is 14.8. The van der Waals surface area contributed by atoms with E-state index in [9.17, 15) is 9.59 Å². The Bertz CT molecular complexity index is 950. The van der Waals surface area contributed by atoms with E-state index in [-0.39, 0.29) is 10.6 Å². The van der Waals surface area contributed by atoms with Gasteiger partial charge in [0.2, 0.25) is 0 Å². The number of ketones is 1. The largest absolute Gasteiger partial charge is 0.490 e. The van der Waals surface area contributed by atoms with Gasteiger partial charge in [0, 0.05) is 12.6 Å². The molecule has 1 amide bonds. The van der Waals surface area contributed by atoms with Crippen LogP contribution in [0.25, 0.3) is 10.8 Å². The number of rotatable bonds is 7. The van der Waals surface area contributed by atoms with Crippen LogP contribution >= 0.6 is 0 Å². The number of ether oxygens (including phenoxy) is 2. The summed E-state index contributed by atoms with van der Waals surface area (Å²) in [5.74, 6) is -0.456. The second-order valence-corrected chi connectivity index (χ2v) is 5.89. The molecule has 0 aliphatic carbocycles. The van der Waals surface area contributed by atoms with Crippen molar-refractivity contribution < 1.29 is 24.3 Å². The van der Waals surface area contributed by atoms with Crippen molar-refractivity contribution in [1.82, 2.24) is 5.06 Å². The highest BCUT2D eigenvalue weighted by molar-refractivity contribution is 6.42. The molecule has 6 nitrogen and oxygen atoms in total. The molecule has 138 valence electrons. The highest BCUT2D eigenvalue weighted by atomic mass is 16.5. The van der Waals surface area contributed by atoms with E-state index in [1.54, 1.807) is 12.1 Å². The van der Waals surface area contributed by atoms with Crippen molar-refractivity contribution in [3.05, 3.63) is 72.3 Å². The topological polar surface area (TPSA) is 76.1 Å². The van der Waals surface area contributed by atoms with Crippen LogP contribution in [0.5, 0.6) is 11.5 Å². The first-order valence-electron chi connectivity index (χ1n) is 8.40. The van der Waals surface area contributed by atoms with Crippen molar-refractivity contribution in [3.63, 3.8) is 0 Å². The Morgan fingerprint density at radius 3 is 2.11 bits per heavy atom. The van der Waals surface area contributed by atoms with Crippen molar-refractivity contribution in [2.24, 2.45) is 0 Å². The average molecular weight is 365 g/mol. The van der Waals surface area contributed by atoms with Gasteiger partial charge in [0.25, 0.3) is 5.78 Å². The van der Waals surface area contributed by atoms with Crippen LogP contribution in [-0.4, -0.2) is 42.2 Å². The number of benzene rings is 3. The molecule has 0 bridgehead atoms. The van der Waals surface area contributed by atoms with Crippen LogP contribution in [0.2, 0.25) is 0 Å². The highest BCUT2D eigenvalue weighted by Gasteiger charge is 2.19. The molecule has 0 atom stereocenters. The fourth-order valence-electron chi connectivity index (χ4n) is 2.55. The molecular formula is C21H19NO5. The first-order valence-corrected chi connectivity index (χ1v) is 8.40. The van der Waals surface area contributed by atoms with Crippen molar-refractivity contribution in [3.8, 4) is 11.5 Å². The van der Waals surface area contributed by atoms with Gasteiger partial charge in [-0.2, -0.15) is 0 Å². The van der Waals surface area contributed by atoms with Crippen molar-refractivity contribution in [2.75, 3.05) is 20.3 Å². The Labute approximate surface area is 156 Å². The Balaban J connectivity index is 1.50. The molecule has 6 heteroatoms. The summed E-state index contributed by atoms with van der Waals surface area (Å²) in [6.45, 7) is 0.700. The number of amides is 1. The summed E-state index contributed by atoms with van der Waals surface area (Å²) in [5, 5.41) is 11.6. The van der Waals surface area contributed by atoms with E-state index in [1.165, 1.54) is 12.1 Å². The Morgan fingerprint density at radius 1 is 0.852 bits per heavy atom. The Hall–Kier alpha value is -3.38. The molecule has 0 heterocycles. The second kappa shape index (κ2) is 8.33. The quantitative estimate of drug-likeness (QED) is 0.228. The number of fused-ring (bicyclic) bond motifs is 1. The molecule has 0 aliphatic heterocycles. The van der Waals surface area contributed by atoms with Crippen molar-refractivity contribution in [1.29, 1.82) is 0 Å². The number of hydrogen-bond donors (Lipinski definition) is 1. The average Bonchev–Trinajstić information content (AvgIpc) is 2.70. The molecular weight excluding hydrogens is 346 g/mol. The molecule has 0 fully saturated rings. The van der Waals surface area contributed by atoms with E-state index >= 15 is 0 Å². The van der Waals surface area contributed by atoms with Crippen LogP contribution in [0.3, 0.4) is 0 Å². The summed E-state index contributed by atoms with van der Waals surface area (Å²) in [4.78, 5) is 23.2. The van der Waals surface area contributed by atoms with Crippen LogP contribution < -0.4 is 9.47 Å². The Kier molecular flexibility index (Phi) is 5.68. The van der Waals surface area contributed by atoms with Gasteiger partial charge in [-0.3, -0.25) is 14.8 Å². The maximum atomic E-state index is 11.8. The molecule has 0 unspecified atom stereocenters. The van der Waals surface area contributed by atoms with E-state index in [0.717, 1.165) is 23.6 Å². The smallest absolute Gasteiger partial charge is 0.318 e. The molecule has 27 heavy (non-hydrogen) atoms. The molecule has 0 aliphatic rings. The van der Waals surface area contributed by atoms with Gasteiger partial charge >= 0.3 is 5.91 Å². The molecule has 3 rings (SSSR count). The van der Waals surface area contributed by atoms with E-state index in [0.29, 0.717) is 19.0 Å². The molecule has 0 radical (unpaired) electrons. The van der Waals surface area contributed by atoms with Crippen LogP contribution in [0.15, 0.2) is 66.7 Å². The van der Waals surface area contributed by atoms with Crippen molar-refractivity contribution in [2.45, 2.75) is 0 Å². The predicted molar refractivity (Wildman–Crippen MR) is 100 cm³/mol. The molecule has 0 spiro atoms. The molecule has 0 saturated heterocycles. The fraction of sp³-hybridized carbons (Fsp3) is 0.143. The van der Waals surface area contributed by atoms with Gasteiger partial charge in [-0.05, 0) is 47.2 Å². The van der Waals surface area contributed by atoms with E-state index in [2.05, 4.69) is 0 Å². The van der Waals surface area contributed by atoms with Crippen LogP contribution in [-0.2, 0) is 4.79 Å². The summed E-state index contributed by atoms with van der Waals surface area (Å²) in [6, 6.07) is 20.1. The maximum absolute atomic E-state index is 11.8. The third kappa shape index (κ3) is 4.62. The van der Waals surface area contributed by atoms with Gasteiger partial charge in [0.1, 0.15) is 24.7 Å². The fourth-order valence-corrected chi connectivity index (χ4v) is 2.55. The normalized spacial score (nSPS) is 10.4. The monoisotopic (exact) mass is 365 g/mol.